The Morgan fingerprint density at radius 1 is 1.67 bits per heavy atom. The zero-order valence-electron chi connectivity index (χ0n) is 5.99. The normalized spacial score (nSPS) is 9.42. The maximum absolute atomic E-state index is 10.5. The molecule has 1 heterocycles. The molecule has 0 bridgehead atoms. The minimum atomic E-state index is -2.32. The zero-order chi connectivity index (χ0) is 9.14. The van der Waals surface area contributed by atoms with Gasteiger partial charge in [-0.3, -0.25) is 9.89 Å². The second kappa shape index (κ2) is 3.50. The van der Waals surface area contributed by atoms with Gasteiger partial charge in [0.2, 0.25) is 15.0 Å². The molecule has 0 atom stereocenters. The van der Waals surface area contributed by atoms with E-state index in [0.29, 0.717) is 0 Å². The number of hydrogen-bond donors (Lipinski definition) is 2. The first kappa shape index (κ1) is 8.94. The minimum absolute atomic E-state index is 0.0150. The lowest BCUT2D eigenvalue weighted by atomic mass is 10.7. The lowest BCUT2D eigenvalue weighted by Gasteiger charge is -1.89. The zero-order valence-corrected chi connectivity index (χ0v) is 7.62. The summed E-state index contributed by atoms with van der Waals surface area (Å²) in [5.41, 5.74) is 0. The summed E-state index contributed by atoms with van der Waals surface area (Å²) in [4.78, 5) is 10.5. The van der Waals surface area contributed by atoms with Gasteiger partial charge in [0, 0.05) is 6.92 Å². The van der Waals surface area contributed by atoms with Crippen molar-refractivity contribution in [1.29, 1.82) is 0 Å². The number of anilines is 1. The largest absolute Gasteiger partial charge is 0.301 e. The molecule has 1 aromatic heterocycles. The van der Waals surface area contributed by atoms with Gasteiger partial charge in [-0.05, 0) is 0 Å². The van der Waals surface area contributed by atoms with Gasteiger partial charge in [0.1, 0.15) is 0 Å². The molecular weight excluding hydrogens is 202 g/mol. The van der Waals surface area contributed by atoms with Gasteiger partial charge in [0.15, 0.2) is 0 Å². The number of amides is 1. The molecule has 1 rings (SSSR count). The van der Waals surface area contributed by atoms with Gasteiger partial charge in [-0.25, -0.2) is 0 Å². The van der Waals surface area contributed by atoms with Crippen molar-refractivity contribution in [3.05, 3.63) is 3.95 Å². The number of carbonyl (C=O) groups excluding carboxylic acids is 1. The van der Waals surface area contributed by atoms with Crippen LogP contribution < -0.4 is 5.32 Å². The highest BCUT2D eigenvalue weighted by atomic mass is 32.2. The van der Waals surface area contributed by atoms with E-state index in [1.807, 2.05) is 0 Å². The molecule has 12 heavy (non-hydrogen) atoms. The van der Waals surface area contributed by atoms with Crippen LogP contribution in [0.1, 0.15) is 6.92 Å². The van der Waals surface area contributed by atoms with Gasteiger partial charge >= 0.3 is 0 Å². The second-order valence-corrected chi connectivity index (χ2v) is 3.97. The fourth-order valence-electron chi connectivity index (χ4n) is 0.505. The van der Waals surface area contributed by atoms with Crippen LogP contribution in [0.5, 0.6) is 0 Å². The third-order valence-electron chi connectivity index (χ3n) is 0.872. The van der Waals surface area contributed by atoms with Gasteiger partial charge in [-0.1, -0.05) is 11.3 Å². The van der Waals surface area contributed by atoms with Crippen molar-refractivity contribution in [2.75, 3.05) is 5.32 Å². The number of aromatic amines is 1. The van der Waals surface area contributed by atoms with Gasteiger partial charge < -0.3 is 5.32 Å². The van der Waals surface area contributed by atoms with Crippen LogP contribution in [0.4, 0.5) is 5.13 Å². The van der Waals surface area contributed by atoms with Crippen LogP contribution in [0.3, 0.4) is 0 Å². The van der Waals surface area contributed by atoms with Gasteiger partial charge in [-0.2, -0.15) is 8.42 Å². The van der Waals surface area contributed by atoms with E-state index < -0.39 is 10.3 Å². The molecule has 0 spiro atoms. The van der Waals surface area contributed by atoms with E-state index in [1.54, 1.807) is 0 Å². The number of nitrogens with zero attached hydrogens (tertiary/aromatic N) is 1. The second-order valence-electron chi connectivity index (χ2n) is 1.83. The molecule has 6 nitrogen and oxygen atoms in total. The Hall–Kier alpha value is -1.15. The molecule has 0 aliphatic heterocycles. The Morgan fingerprint density at radius 2 is 2.33 bits per heavy atom. The van der Waals surface area contributed by atoms with Crippen LogP contribution in [0, 0.1) is 3.95 Å². The smallest absolute Gasteiger partial charge is 0.250 e. The molecule has 0 radical (unpaired) electrons. The van der Waals surface area contributed by atoms with E-state index in [-0.39, 0.29) is 15.0 Å². The van der Waals surface area contributed by atoms with E-state index in [4.69, 9.17) is 0 Å². The molecule has 1 aromatic rings. The summed E-state index contributed by atoms with van der Waals surface area (Å²) in [7, 11) is -2.32. The van der Waals surface area contributed by atoms with E-state index in [2.05, 4.69) is 15.5 Å². The van der Waals surface area contributed by atoms with Crippen LogP contribution in [0.15, 0.2) is 0 Å². The summed E-state index contributed by atoms with van der Waals surface area (Å²) in [6.07, 6.45) is 0. The highest BCUT2D eigenvalue weighted by molar-refractivity contribution is 7.66. The quantitative estimate of drug-likeness (QED) is 0.626. The van der Waals surface area contributed by atoms with Crippen LogP contribution in [-0.4, -0.2) is 24.5 Å². The van der Waals surface area contributed by atoms with Gasteiger partial charge in [0.25, 0.3) is 10.3 Å². The Kier molecular flexibility index (Phi) is 2.61. The van der Waals surface area contributed by atoms with Crippen molar-refractivity contribution < 1.29 is 13.2 Å². The molecule has 0 aliphatic rings. The Labute approximate surface area is 72.8 Å². The predicted molar refractivity (Wildman–Crippen MR) is 42.9 cm³/mol. The summed E-state index contributed by atoms with van der Waals surface area (Å²) in [6.45, 7) is 1.31. The molecule has 1 amide bonds. The fraction of sp³-hybridized carbons (Fsp3) is 0.250. The van der Waals surface area contributed by atoms with Crippen molar-refractivity contribution in [2.45, 2.75) is 6.92 Å². The van der Waals surface area contributed by atoms with Crippen molar-refractivity contribution in [3.8, 4) is 0 Å². The van der Waals surface area contributed by atoms with Crippen LogP contribution >= 0.6 is 11.3 Å². The first-order valence-corrected chi connectivity index (χ1v) is 4.74. The summed E-state index contributed by atoms with van der Waals surface area (Å²) in [5.74, 6) is -0.291. The van der Waals surface area contributed by atoms with Gasteiger partial charge in [-0.15, -0.1) is 5.10 Å². The molecule has 0 saturated heterocycles. The third-order valence-corrected chi connectivity index (χ3v) is 2.59. The van der Waals surface area contributed by atoms with Gasteiger partial charge in [0.05, 0.1) is 0 Å². The Bertz CT molecular complexity index is 446. The first-order chi connectivity index (χ1) is 5.59. The average molecular weight is 207 g/mol. The molecule has 0 aliphatic carbocycles. The van der Waals surface area contributed by atoms with Crippen molar-refractivity contribution in [1.82, 2.24) is 10.2 Å². The van der Waals surface area contributed by atoms with Crippen molar-refractivity contribution in [2.24, 2.45) is 0 Å². The SMILES string of the molecule is CC(=O)Nc1n[nH]c(=S(=O)=O)s1. The highest BCUT2D eigenvalue weighted by Crippen LogP contribution is 2.09. The van der Waals surface area contributed by atoms with Crippen molar-refractivity contribution in [3.63, 3.8) is 0 Å². The monoisotopic (exact) mass is 207 g/mol. The first-order valence-electron chi connectivity index (χ1n) is 2.85. The number of H-pyrrole nitrogens is 1. The Morgan fingerprint density at radius 3 is 2.75 bits per heavy atom. The maximum Gasteiger partial charge on any atom is 0.250 e. The lowest BCUT2D eigenvalue weighted by molar-refractivity contribution is -0.114. The maximum atomic E-state index is 10.5. The summed E-state index contributed by atoms with van der Waals surface area (Å²) in [5, 5.41) is 8.38. The van der Waals surface area contributed by atoms with Crippen molar-refractivity contribution >= 4 is 32.7 Å². The Balaban J connectivity index is 3.09. The number of carbonyl (C=O) groups is 1. The molecule has 0 unspecified atom stereocenters. The molecule has 0 fully saturated rings. The van der Waals surface area contributed by atoms with E-state index >= 15 is 0 Å². The number of hydrogen-bond acceptors (Lipinski definition) is 5. The number of rotatable bonds is 1. The standard InChI is InChI=1S/C4H5N3O3S2/c1-2(8)5-3-6-7-4(11-3)12(9)10/h7H,1H3,(H,5,6,8). The predicted octanol–water partition coefficient (Wildman–Crippen LogP) is -0.159. The third kappa shape index (κ3) is 2.17. The lowest BCUT2D eigenvalue weighted by Crippen LogP contribution is -2.04. The molecule has 2 N–H and O–H groups in total. The molecule has 0 saturated carbocycles. The van der Waals surface area contributed by atoms with Crippen LogP contribution in [-0.2, 0) is 15.1 Å². The number of nitrogens with one attached hydrogen (secondary N) is 2. The number of aromatic nitrogens is 2. The van der Waals surface area contributed by atoms with E-state index in [0.717, 1.165) is 11.3 Å². The molecular formula is C4H5N3O3S2. The minimum Gasteiger partial charge on any atom is -0.301 e. The highest BCUT2D eigenvalue weighted by Gasteiger charge is 1.99. The average Bonchev–Trinajstić information content (AvgIpc) is 2.34. The summed E-state index contributed by atoms with van der Waals surface area (Å²) < 4.78 is 20.6. The van der Waals surface area contributed by atoms with Crippen LogP contribution in [0.2, 0.25) is 0 Å². The van der Waals surface area contributed by atoms with Crippen LogP contribution in [0.25, 0.3) is 0 Å². The van der Waals surface area contributed by atoms with E-state index in [1.165, 1.54) is 6.92 Å². The summed E-state index contributed by atoms with van der Waals surface area (Å²) in [6, 6.07) is 0. The fourth-order valence-corrected chi connectivity index (χ4v) is 1.69. The molecule has 66 valence electrons. The topological polar surface area (TPSA) is 91.9 Å². The van der Waals surface area contributed by atoms with E-state index in [9.17, 15) is 13.2 Å². The molecule has 8 heteroatoms. The molecule has 0 aromatic carbocycles. The summed E-state index contributed by atoms with van der Waals surface area (Å²) >= 11 is 0.858.